The van der Waals surface area contributed by atoms with E-state index in [0.29, 0.717) is 24.2 Å². The van der Waals surface area contributed by atoms with Gasteiger partial charge in [-0.2, -0.15) is 0 Å². The van der Waals surface area contributed by atoms with Crippen molar-refractivity contribution >= 4 is 39.1 Å². The van der Waals surface area contributed by atoms with Gasteiger partial charge in [0.15, 0.2) is 0 Å². The van der Waals surface area contributed by atoms with Crippen molar-refractivity contribution in [2.75, 3.05) is 16.8 Å². The number of fused-ring (bicyclic) bond motifs is 2. The number of benzene rings is 1. The molecule has 2 saturated carbocycles. The van der Waals surface area contributed by atoms with Crippen molar-refractivity contribution in [3.63, 3.8) is 0 Å². The summed E-state index contributed by atoms with van der Waals surface area (Å²) in [4.78, 5) is 26.0. The largest absolute Gasteiger partial charge is 0.323 e. The Bertz CT molecular complexity index is 739. The van der Waals surface area contributed by atoms with Crippen LogP contribution in [0.4, 0.5) is 20.2 Å². The molecule has 1 aromatic rings. The number of anilines is 2. The quantitative estimate of drug-likeness (QED) is 0.819. The molecule has 0 saturated heterocycles. The minimum atomic E-state index is -2.75. The van der Waals surface area contributed by atoms with E-state index in [1.165, 1.54) is 4.90 Å². The summed E-state index contributed by atoms with van der Waals surface area (Å²) in [6.07, 6.45) is 2.23. The lowest BCUT2D eigenvalue weighted by atomic mass is 9.85. The Kier molecular flexibility index (Phi) is 3.50. The molecule has 2 fully saturated rings. The van der Waals surface area contributed by atoms with E-state index in [9.17, 15) is 18.4 Å². The van der Waals surface area contributed by atoms with Crippen LogP contribution in [0.2, 0.25) is 0 Å². The van der Waals surface area contributed by atoms with Gasteiger partial charge in [-0.05, 0) is 31.0 Å². The zero-order valence-corrected chi connectivity index (χ0v) is 14.5. The molecular formula is C17H17BrF2N2O2. The predicted molar refractivity (Wildman–Crippen MR) is 89.1 cm³/mol. The van der Waals surface area contributed by atoms with Gasteiger partial charge < -0.3 is 10.2 Å². The molecule has 0 spiro atoms. The highest BCUT2D eigenvalue weighted by Crippen LogP contribution is 2.74. The molecule has 1 aliphatic heterocycles. The van der Waals surface area contributed by atoms with Gasteiger partial charge in [0.1, 0.15) is 6.54 Å². The first kappa shape index (κ1) is 16.0. The van der Waals surface area contributed by atoms with E-state index in [1.807, 2.05) is 0 Å². The standard InChI is InChI=1S/C17H17BrF2N2O2/c18-10-4-5-11-12(7-10)22(9-14(23)21-11)15(24)8-16-6-2-1-3-13(16)17(16,19)20/h4-5,7,13H,1-3,6,8-9H2,(H,21,23). The van der Waals surface area contributed by atoms with Crippen molar-refractivity contribution in [2.45, 2.75) is 38.0 Å². The zero-order chi connectivity index (χ0) is 17.1. The minimum absolute atomic E-state index is 0.130. The van der Waals surface area contributed by atoms with Gasteiger partial charge in [0, 0.05) is 16.8 Å². The number of hydrogen-bond acceptors (Lipinski definition) is 2. The van der Waals surface area contributed by atoms with Gasteiger partial charge in [-0.1, -0.05) is 28.8 Å². The average Bonchev–Trinajstić information content (AvgIpc) is 3.02. The molecule has 24 heavy (non-hydrogen) atoms. The lowest BCUT2D eigenvalue weighted by molar-refractivity contribution is -0.123. The fourth-order valence-corrected chi connectivity index (χ4v) is 4.70. The third-order valence-electron chi connectivity index (χ3n) is 5.64. The molecule has 0 radical (unpaired) electrons. The topological polar surface area (TPSA) is 49.4 Å². The van der Waals surface area contributed by atoms with E-state index >= 15 is 0 Å². The predicted octanol–water partition coefficient (Wildman–Crippen LogP) is 3.95. The van der Waals surface area contributed by atoms with Gasteiger partial charge in [0.2, 0.25) is 11.8 Å². The first-order chi connectivity index (χ1) is 11.3. The molecule has 7 heteroatoms. The molecule has 1 aromatic carbocycles. The molecule has 2 amide bonds. The SMILES string of the molecule is O=C1CN(C(=O)CC23CCCCC2C3(F)F)c2cc(Br)ccc2N1. The molecule has 4 rings (SSSR count). The maximum Gasteiger partial charge on any atom is 0.258 e. The van der Waals surface area contributed by atoms with E-state index < -0.39 is 23.2 Å². The zero-order valence-electron chi connectivity index (χ0n) is 12.9. The van der Waals surface area contributed by atoms with Crippen LogP contribution < -0.4 is 10.2 Å². The van der Waals surface area contributed by atoms with Crippen LogP contribution in [0.15, 0.2) is 22.7 Å². The molecule has 1 heterocycles. The Morgan fingerprint density at radius 3 is 2.92 bits per heavy atom. The third-order valence-corrected chi connectivity index (χ3v) is 6.14. The van der Waals surface area contributed by atoms with Crippen molar-refractivity contribution in [2.24, 2.45) is 11.3 Å². The molecule has 0 bridgehead atoms. The first-order valence-electron chi connectivity index (χ1n) is 8.13. The van der Waals surface area contributed by atoms with Gasteiger partial charge in [-0.25, -0.2) is 8.78 Å². The fourth-order valence-electron chi connectivity index (χ4n) is 4.35. The van der Waals surface area contributed by atoms with Gasteiger partial charge in [0.05, 0.1) is 16.8 Å². The van der Waals surface area contributed by atoms with Crippen LogP contribution >= 0.6 is 15.9 Å². The lowest BCUT2D eigenvalue weighted by Gasteiger charge is -2.31. The summed E-state index contributed by atoms with van der Waals surface area (Å²) in [6, 6.07) is 5.19. The Hall–Kier alpha value is -1.50. The number of carbonyl (C=O) groups is 2. The monoisotopic (exact) mass is 398 g/mol. The number of hydrogen-bond donors (Lipinski definition) is 1. The summed E-state index contributed by atoms with van der Waals surface area (Å²) in [5.74, 6) is -4.13. The van der Waals surface area contributed by atoms with Gasteiger partial charge in [-0.15, -0.1) is 0 Å². The number of rotatable bonds is 2. The third kappa shape index (κ3) is 2.20. The summed E-state index contributed by atoms with van der Waals surface area (Å²) in [7, 11) is 0. The number of halogens is 3. The Balaban J connectivity index is 1.62. The number of amides is 2. The summed E-state index contributed by atoms with van der Waals surface area (Å²) in [6.45, 7) is -0.130. The molecule has 128 valence electrons. The molecular weight excluding hydrogens is 382 g/mol. The number of nitrogens with one attached hydrogen (secondary N) is 1. The normalized spacial score (nSPS) is 30.2. The van der Waals surface area contributed by atoms with Crippen LogP contribution in [0.5, 0.6) is 0 Å². The summed E-state index contributed by atoms with van der Waals surface area (Å²) < 4.78 is 29.3. The van der Waals surface area contributed by atoms with Gasteiger partial charge in [0.25, 0.3) is 5.92 Å². The smallest absolute Gasteiger partial charge is 0.258 e. The molecule has 2 atom stereocenters. The first-order valence-corrected chi connectivity index (χ1v) is 8.92. The van der Waals surface area contributed by atoms with E-state index in [-0.39, 0.29) is 18.9 Å². The highest BCUT2D eigenvalue weighted by Gasteiger charge is 2.80. The van der Waals surface area contributed by atoms with Crippen LogP contribution in [0.1, 0.15) is 32.1 Å². The molecule has 2 aliphatic carbocycles. The van der Waals surface area contributed by atoms with Crippen molar-refractivity contribution in [3.8, 4) is 0 Å². The van der Waals surface area contributed by atoms with E-state index in [4.69, 9.17) is 0 Å². The maximum absolute atomic E-state index is 14.3. The van der Waals surface area contributed by atoms with Crippen molar-refractivity contribution in [3.05, 3.63) is 22.7 Å². The van der Waals surface area contributed by atoms with Crippen molar-refractivity contribution < 1.29 is 18.4 Å². The van der Waals surface area contributed by atoms with Crippen LogP contribution in [-0.4, -0.2) is 24.3 Å². The van der Waals surface area contributed by atoms with Crippen LogP contribution in [0, 0.1) is 11.3 Å². The second-order valence-electron chi connectivity index (χ2n) is 6.94. The minimum Gasteiger partial charge on any atom is -0.323 e. The highest BCUT2D eigenvalue weighted by molar-refractivity contribution is 9.10. The van der Waals surface area contributed by atoms with Gasteiger partial charge >= 0.3 is 0 Å². The van der Waals surface area contributed by atoms with Crippen molar-refractivity contribution in [1.82, 2.24) is 0 Å². The van der Waals surface area contributed by atoms with E-state index in [2.05, 4.69) is 21.2 Å². The number of alkyl halides is 2. The van der Waals surface area contributed by atoms with Crippen LogP contribution in [0.25, 0.3) is 0 Å². The molecule has 1 N–H and O–H groups in total. The highest BCUT2D eigenvalue weighted by atomic mass is 79.9. The molecule has 3 aliphatic rings. The Morgan fingerprint density at radius 1 is 1.38 bits per heavy atom. The average molecular weight is 399 g/mol. The summed E-state index contributed by atoms with van der Waals surface area (Å²) in [5.41, 5.74) is -0.104. The van der Waals surface area contributed by atoms with E-state index in [0.717, 1.165) is 17.3 Å². The summed E-state index contributed by atoms with van der Waals surface area (Å²) in [5, 5.41) is 2.71. The van der Waals surface area contributed by atoms with Crippen LogP contribution in [-0.2, 0) is 9.59 Å². The molecule has 4 nitrogen and oxygen atoms in total. The molecule has 0 aromatic heterocycles. The second-order valence-corrected chi connectivity index (χ2v) is 7.86. The molecule has 2 unspecified atom stereocenters. The van der Waals surface area contributed by atoms with E-state index in [1.54, 1.807) is 18.2 Å². The lowest BCUT2D eigenvalue weighted by Crippen LogP contribution is -2.43. The van der Waals surface area contributed by atoms with Crippen molar-refractivity contribution in [1.29, 1.82) is 0 Å². The summed E-state index contributed by atoms with van der Waals surface area (Å²) >= 11 is 3.35. The van der Waals surface area contributed by atoms with Crippen LogP contribution in [0.3, 0.4) is 0 Å². The second kappa shape index (κ2) is 5.25. The number of carbonyl (C=O) groups excluding carboxylic acids is 2. The van der Waals surface area contributed by atoms with Gasteiger partial charge in [-0.3, -0.25) is 9.59 Å². The fraction of sp³-hybridized carbons (Fsp3) is 0.529. The Morgan fingerprint density at radius 2 is 2.17 bits per heavy atom. The number of nitrogens with zero attached hydrogens (tertiary/aromatic N) is 1. The maximum atomic E-state index is 14.3. The Labute approximate surface area is 146 Å².